The molecule has 0 aliphatic carbocycles. The molecule has 0 bridgehead atoms. The normalized spacial score (nSPS) is 11.5. The number of H-pyrrole nitrogens is 2. The lowest BCUT2D eigenvalue weighted by molar-refractivity contribution is -0.118. The molecule has 0 spiro atoms. The van der Waals surface area contributed by atoms with E-state index in [2.05, 4.69) is 58.3 Å². The van der Waals surface area contributed by atoms with E-state index in [-0.39, 0.29) is 11.8 Å². The van der Waals surface area contributed by atoms with Crippen LogP contribution in [-0.4, -0.2) is 36.0 Å². The van der Waals surface area contributed by atoms with Crippen LogP contribution < -0.4 is 5.32 Å². The molecule has 3 N–H and O–H groups in total. The topological polar surface area (TPSA) is 112 Å². The Hall–Kier alpha value is -4.37. The molecule has 0 aliphatic rings. The lowest BCUT2D eigenvalue weighted by Gasteiger charge is -2.08. The van der Waals surface area contributed by atoms with Crippen molar-refractivity contribution in [3.63, 3.8) is 0 Å². The van der Waals surface area contributed by atoms with Crippen molar-refractivity contribution < 1.29 is 4.79 Å². The van der Waals surface area contributed by atoms with Gasteiger partial charge >= 0.3 is 0 Å². The molecule has 9 heteroatoms. The molecule has 0 unspecified atom stereocenters. The zero-order valence-corrected chi connectivity index (χ0v) is 19.9. The van der Waals surface area contributed by atoms with Crippen molar-refractivity contribution in [1.82, 2.24) is 30.1 Å². The molecule has 0 saturated heterocycles. The maximum absolute atomic E-state index is 12.1. The minimum absolute atomic E-state index is 0.0559. The standard InChI is InChI=1S/C26H21N7OS/c1-14(2)26(34)30-17-7-16(10-27-11-17)21-8-19-23(12-29-21)32-33-25(19)22-9-18-20(31-22)3-5-28-24(18)15-4-6-35-13-15/h3-14,31H,1-2H3,(H,30,34)(H,32,33). The Morgan fingerprint density at radius 1 is 0.971 bits per heavy atom. The van der Waals surface area contributed by atoms with Crippen LogP contribution in [0.3, 0.4) is 0 Å². The third-order valence-corrected chi connectivity index (χ3v) is 6.55. The summed E-state index contributed by atoms with van der Waals surface area (Å²) in [4.78, 5) is 29.1. The smallest absolute Gasteiger partial charge is 0.226 e. The summed E-state index contributed by atoms with van der Waals surface area (Å²) in [5.41, 5.74) is 7.75. The van der Waals surface area contributed by atoms with E-state index in [0.29, 0.717) is 5.69 Å². The number of carbonyl (C=O) groups excluding carboxylic acids is 1. The number of hydrogen-bond donors (Lipinski definition) is 3. The SMILES string of the molecule is CC(C)C(=O)Nc1cncc(-c2cc3c(-c4cc5c(-c6ccsc6)nccc5[nH]4)n[nH]c3cn2)c1. The number of anilines is 1. The third-order valence-electron chi connectivity index (χ3n) is 5.87. The number of thiophene rings is 1. The highest BCUT2D eigenvalue weighted by molar-refractivity contribution is 7.08. The van der Waals surface area contributed by atoms with Crippen LogP contribution in [0.4, 0.5) is 5.69 Å². The number of aromatic amines is 2. The maximum atomic E-state index is 12.1. The van der Waals surface area contributed by atoms with Crippen molar-refractivity contribution in [3.05, 3.63) is 65.9 Å². The summed E-state index contributed by atoms with van der Waals surface area (Å²) in [6, 6.07) is 10.0. The summed E-state index contributed by atoms with van der Waals surface area (Å²) >= 11 is 1.65. The van der Waals surface area contributed by atoms with Crippen LogP contribution >= 0.6 is 11.3 Å². The first kappa shape index (κ1) is 21.2. The Morgan fingerprint density at radius 3 is 2.69 bits per heavy atom. The third kappa shape index (κ3) is 3.85. The fraction of sp³-hybridized carbons (Fsp3) is 0.115. The number of aromatic nitrogens is 6. The van der Waals surface area contributed by atoms with Gasteiger partial charge in [-0.15, -0.1) is 0 Å². The zero-order valence-electron chi connectivity index (χ0n) is 19.0. The first-order chi connectivity index (χ1) is 17.1. The van der Waals surface area contributed by atoms with Crippen LogP contribution in [0.2, 0.25) is 0 Å². The molecular formula is C26H21N7OS. The maximum Gasteiger partial charge on any atom is 0.226 e. The van der Waals surface area contributed by atoms with Gasteiger partial charge in [-0.1, -0.05) is 13.8 Å². The number of rotatable bonds is 5. The van der Waals surface area contributed by atoms with E-state index in [1.807, 2.05) is 38.2 Å². The Morgan fingerprint density at radius 2 is 1.86 bits per heavy atom. The number of fused-ring (bicyclic) bond motifs is 2. The van der Waals surface area contributed by atoms with E-state index in [4.69, 9.17) is 0 Å². The molecule has 6 aromatic heterocycles. The summed E-state index contributed by atoms with van der Waals surface area (Å²) in [7, 11) is 0. The highest BCUT2D eigenvalue weighted by Crippen LogP contribution is 2.34. The van der Waals surface area contributed by atoms with E-state index < -0.39 is 0 Å². The van der Waals surface area contributed by atoms with Gasteiger partial charge in [0.15, 0.2) is 0 Å². The molecule has 6 heterocycles. The lowest BCUT2D eigenvalue weighted by atomic mass is 10.1. The minimum atomic E-state index is -0.117. The Balaban J connectivity index is 1.41. The van der Waals surface area contributed by atoms with Crippen LogP contribution in [0.1, 0.15) is 13.8 Å². The molecular weight excluding hydrogens is 458 g/mol. The van der Waals surface area contributed by atoms with Crippen LogP contribution in [0.5, 0.6) is 0 Å². The molecule has 1 amide bonds. The van der Waals surface area contributed by atoms with Crippen molar-refractivity contribution in [2.24, 2.45) is 5.92 Å². The number of amides is 1. The predicted octanol–water partition coefficient (Wildman–Crippen LogP) is 5.89. The average molecular weight is 480 g/mol. The lowest BCUT2D eigenvalue weighted by Crippen LogP contribution is -2.17. The molecule has 8 nitrogen and oxygen atoms in total. The molecule has 0 atom stereocenters. The summed E-state index contributed by atoms with van der Waals surface area (Å²) < 4.78 is 0. The number of hydrogen-bond acceptors (Lipinski definition) is 6. The van der Waals surface area contributed by atoms with E-state index >= 15 is 0 Å². The second-order valence-corrected chi connectivity index (χ2v) is 9.39. The molecule has 0 aromatic carbocycles. The van der Waals surface area contributed by atoms with E-state index in [1.165, 1.54) is 0 Å². The van der Waals surface area contributed by atoms with E-state index in [0.717, 1.165) is 55.7 Å². The van der Waals surface area contributed by atoms with Gasteiger partial charge in [0.05, 0.1) is 40.7 Å². The van der Waals surface area contributed by atoms with Crippen molar-refractivity contribution in [3.8, 4) is 33.9 Å². The average Bonchev–Trinajstić information content (AvgIpc) is 3.62. The molecule has 0 fully saturated rings. The molecule has 0 aliphatic heterocycles. The van der Waals surface area contributed by atoms with Crippen molar-refractivity contribution in [2.45, 2.75) is 13.8 Å². The molecule has 35 heavy (non-hydrogen) atoms. The monoisotopic (exact) mass is 479 g/mol. The van der Waals surface area contributed by atoms with Gasteiger partial charge in [-0.2, -0.15) is 16.4 Å². The zero-order chi connectivity index (χ0) is 23.9. The van der Waals surface area contributed by atoms with Gasteiger partial charge in [0, 0.05) is 51.1 Å². The highest BCUT2D eigenvalue weighted by atomic mass is 32.1. The molecule has 6 rings (SSSR count). The Bertz CT molecular complexity index is 1680. The van der Waals surface area contributed by atoms with Crippen LogP contribution in [-0.2, 0) is 4.79 Å². The fourth-order valence-corrected chi connectivity index (χ4v) is 4.67. The van der Waals surface area contributed by atoms with Gasteiger partial charge in [0.1, 0.15) is 5.69 Å². The molecule has 0 radical (unpaired) electrons. The van der Waals surface area contributed by atoms with E-state index in [9.17, 15) is 4.79 Å². The predicted molar refractivity (Wildman–Crippen MR) is 139 cm³/mol. The summed E-state index contributed by atoms with van der Waals surface area (Å²) in [5.74, 6) is -0.173. The fourth-order valence-electron chi connectivity index (χ4n) is 4.03. The number of nitrogens with one attached hydrogen (secondary N) is 3. The first-order valence-corrected chi connectivity index (χ1v) is 12.1. The van der Waals surface area contributed by atoms with Gasteiger partial charge < -0.3 is 10.3 Å². The van der Waals surface area contributed by atoms with Gasteiger partial charge in [0.2, 0.25) is 5.91 Å². The van der Waals surface area contributed by atoms with Crippen molar-refractivity contribution in [1.29, 1.82) is 0 Å². The second-order valence-electron chi connectivity index (χ2n) is 8.61. The van der Waals surface area contributed by atoms with Gasteiger partial charge in [-0.25, -0.2) is 0 Å². The van der Waals surface area contributed by atoms with Gasteiger partial charge in [0.25, 0.3) is 0 Å². The Labute approximate surface area is 204 Å². The van der Waals surface area contributed by atoms with Crippen LogP contribution in [0.25, 0.3) is 55.7 Å². The van der Waals surface area contributed by atoms with Crippen LogP contribution in [0.15, 0.2) is 65.9 Å². The van der Waals surface area contributed by atoms with Gasteiger partial charge in [-0.3, -0.25) is 24.8 Å². The first-order valence-electron chi connectivity index (χ1n) is 11.2. The molecule has 6 aromatic rings. The van der Waals surface area contributed by atoms with Crippen molar-refractivity contribution in [2.75, 3.05) is 5.32 Å². The Kier molecular flexibility index (Phi) is 5.11. The second kappa shape index (κ2) is 8.44. The van der Waals surface area contributed by atoms with E-state index in [1.54, 1.807) is 29.9 Å². The number of carbonyl (C=O) groups is 1. The quantitative estimate of drug-likeness (QED) is 0.286. The summed E-state index contributed by atoms with van der Waals surface area (Å²) in [6.07, 6.45) is 6.95. The molecule has 172 valence electrons. The molecule has 0 saturated carbocycles. The summed E-state index contributed by atoms with van der Waals surface area (Å²) in [6.45, 7) is 3.71. The minimum Gasteiger partial charge on any atom is -0.353 e. The summed E-state index contributed by atoms with van der Waals surface area (Å²) in [5, 5.41) is 16.7. The van der Waals surface area contributed by atoms with Crippen LogP contribution in [0, 0.1) is 5.92 Å². The number of nitrogens with zero attached hydrogens (tertiary/aromatic N) is 4. The largest absolute Gasteiger partial charge is 0.353 e. The van der Waals surface area contributed by atoms with Crippen molar-refractivity contribution >= 4 is 44.7 Å². The van der Waals surface area contributed by atoms with Gasteiger partial charge in [-0.05, 0) is 35.7 Å². The highest BCUT2D eigenvalue weighted by Gasteiger charge is 2.16. The number of pyridine rings is 3.